The number of nitrogens with one attached hydrogen (secondary N) is 1. The Morgan fingerprint density at radius 3 is 2.38 bits per heavy atom. The fourth-order valence-corrected chi connectivity index (χ4v) is 0.359. The van der Waals surface area contributed by atoms with Gasteiger partial charge in [0.1, 0.15) is 0 Å². The summed E-state index contributed by atoms with van der Waals surface area (Å²) in [5.41, 5.74) is 6.69. The highest BCUT2D eigenvalue weighted by molar-refractivity contribution is 5.02. The molecule has 0 spiro atoms. The molecule has 0 bridgehead atoms. The predicted octanol–water partition coefficient (Wildman–Crippen LogP) is 0.457. The second-order valence-electron chi connectivity index (χ2n) is 1.97. The highest BCUT2D eigenvalue weighted by atomic mass is 14.8. The molecule has 8 heavy (non-hydrogen) atoms. The molecule has 1 atom stereocenters. The Morgan fingerprint density at radius 1 is 1.75 bits per heavy atom. The number of rotatable bonds is 2. The van der Waals surface area contributed by atoms with Crippen LogP contribution in [0, 0.1) is 0 Å². The lowest BCUT2D eigenvalue weighted by molar-refractivity contribution is 0.843. The molecule has 1 unspecified atom stereocenters. The van der Waals surface area contributed by atoms with Gasteiger partial charge in [0.15, 0.2) is 0 Å². The van der Waals surface area contributed by atoms with E-state index >= 15 is 0 Å². The SMILES string of the molecule is CN/C=C(\C)C(C)N. The number of nitrogens with two attached hydrogens (primary N) is 1. The maximum atomic E-state index is 5.51. The summed E-state index contributed by atoms with van der Waals surface area (Å²) in [6, 6.07) is 0.169. The Hall–Kier alpha value is -0.500. The Balaban J connectivity index is 3.61. The summed E-state index contributed by atoms with van der Waals surface area (Å²) in [6.45, 7) is 3.96. The normalized spacial score (nSPS) is 15.8. The van der Waals surface area contributed by atoms with Crippen molar-refractivity contribution in [2.24, 2.45) is 5.73 Å². The van der Waals surface area contributed by atoms with Crippen LogP contribution >= 0.6 is 0 Å². The first kappa shape index (κ1) is 7.50. The van der Waals surface area contributed by atoms with Gasteiger partial charge in [0, 0.05) is 13.1 Å². The van der Waals surface area contributed by atoms with Crippen molar-refractivity contribution < 1.29 is 0 Å². The smallest absolute Gasteiger partial charge is 0.0239 e. The summed E-state index contributed by atoms with van der Waals surface area (Å²) < 4.78 is 0. The van der Waals surface area contributed by atoms with E-state index in [1.54, 1.807) is 0 Å². The molecule has 0 rings (SSSR count). The van der Waals surface area contributed by atoms with E-state index in [1.165, 1.54) is 5.57 Å². The van der Waals surface area contributed by atoms with Crippen molar-refractivity contribution >= 4 is 0 Å². The minimum Gasteiger partial charge on any atom is -0.394 e. The van der Waals surface area contributed by atoms with Crippen LogP contribution < -0.4 is 11.1 Å². The molecule has 0 saturated carbocycles. The molecule has 0 aromatic heterocycles. The van der Waals surface area contributed by atoms with E-state index in [0.717, 1.165) is 0 Å². The summed E-state index contributed by atoms with van der Waals surface area (Å²) in [7, 11) is 1.87. The van der Waals surface area contributed by atoms with E-state index in [-0.39, 0.29) is 6.04 Å². The molecule has 0 amide bonds. The number of hydrogen-bond donors (Lipinski definition) is 2. The summed E-state index contributed by atoms with van der Waals surface area (Å²) in [6.07, 6.45) is 1.91. The fraction of sp³-hybridized carbons (Fsp3) is 0.667. The molecule has 0 aliphatic rings. The van der Waals surface area contributed by atoms with Gasteiger partial charge in [0.2, 0.25) is 0 Å². The van der Waals surface area contributed by atoms with Crippen LogP contribution in [0.5, 0.6) is 0 Å². The molecule has 0 aromatic carbocycles. The number of hydrogen-bond acceptors (Lipinski definition) is 2. The van der Waals surface area contributed by atoms with Crippen molar-refractivity contribution in [3.8, 4) is 0 Å². The van der Waals surface area contributed by atoms with Crippen LogP contribution in [0.25, 0.3) is 0 Å². The molecule has 0 aliphatic carbocycles. The third-order valence-electron chi connectivity index (χ3n) is 1.09. The van der Waals surface area contributed by atoms with Crippen molar-refractivity contribution in [2.75, 3.05) is 7.05 Å². The predicted molar refractivity (Wildman–Crippen MR) is 36.5 cm³/mol. The van der Waals surface area contributed by atoms with Gasteiger partial charge in [-0.15, -0.1) is 0 Å². The lowest BCUT2D eigenvalue weighted by Gasteiger charge is -2.03. The van der Waals surface area contributed by atoms with Crippen molar-refractivity contribution in [2.45, 2.75) is 19.9 Å². The minimum atomic E-state index is 0.169. The van der Waals surface area contributed by atoms with Crippen LogP contribution in [0.4, 0.5) is 0 Å². The van der Waals surface area contributed by atoms with Gasteiger partial charge in [-0.3, -0.25) is 0 Å². The highest BCUT2D eigenvalue weighted by Gasteiger charge is 1.92. The molecular formula is C6H14N2. The second kappa shape index (κ2) is 3.50. The Bertz CT molecular complexity index is 84.5. The first-order valence-electron chi connectivity index (χ1n) is 2.78. The molecule has 0 heterocycles. The van der Waals surface area contributed by atoms with Crippen LogP contribution in [0.1, 0.15) is 13.8 Å². The molecule has 0 fully saturated rings. The maximum absolute atomic E-state index is 5.51. The first-order valence-corrected chi connectivity index (χ1v) is 2.78. The molecular weight excluding hydrogens is 100 g/mol. The summed E-state index contributed by atoms with van der Waals surface area (Å²) in [5, 5.41) is 2.91. The fourth-order valence-electron chi connectivity index (χ4n) is 0.359. The highest BCUT2D eigenvalue weighted by Crippen LogP contribution is 1.92. The van der Waals surface area contributed by atoms with Gasteiger partial charge in [0.25, 0.3) is 0 Å². The molecule has 48 valence electrons. The summed E-state index contributed by atoms with van der Waals surface area (Å²) in [5.74, 6) is 0. The van der Waals surface area contributed by atoms with Gasteiger partial charge < -0.3 is 11.1 Å². The zero-order valence-corrected chi connectivity index (χ0v) is 5.73. The molecule has 0 radical (unpaired) electrons. The summed E-state index contributed by atoms with van der Waals surface area (Å²) >= 11 is 0. The lowest BCUT2D eigenvalue weighted by Crippen LogP contribution is -2.17. The molecule has 3 N–H and O–H groups in total. The molecule has 2 nitrogen and oxygen atoms in total. The van der Waals surface area contributed by atoms with Crippen molar-refractivity contribution in [1.29, 1.82) is 0 Å². The Morgan fingerprint density at radius 2 is 2.25 bits per heavy atom. The van der Waals surface area contributed by atoms with E-state index in [1.807, 2.05) is 27.1 Å². The summed E-state index contributed by atoms with van der Waals surface area (Å²) in [4.78, 5) is 0. The average Bonchev–Trinajstić information content (AvgIpc) is 1.67. The molecule has 2 heteroatoms. The maximum Gasteiger partial charge on any atom is 0.0239 e. The average molecular weight is 114 g/mol. The van der Waals surface area contributed by atoms with E-state index in [0.29, 0.717) is 0 Å². The van der Waals surface area contributed by atoms with E-state index in [9.17, 15) is 0 Å². The van der Waals surface area contributed by atoms with Crippen molar-refractivity contribution in [1.82, 2.24) is 5.32 Å². The van der Waals surface area contributed by atoms with Gasteiger partial charge in [-0.05, 0) is 25.6 Å². The van der Waals surface area contributed by atoms with E-state index in [4.69, 9.17) is 5.73 Å². The van der Waals surface area contributed by atoms with Gasteiger partial charge in [-0.25, -0.2) is 0 Å². The van der Waals surface area contributed by atoms with Gasteiger partial charge >= 0.3 is 0 Å². The van der Waals surface area contributed by atoms with E-state index in [2.05, 4.69) is 5.32 Å². The van der Waals surface area contributed by atoms with Crippen LogP contribution in [0.15, 0.2) is 11.8 Å². The standard InChI is InChI=1S/C6H14N2/c1-5(4-8-3)6(2)7/h4,6,8H,7H2,1-3H3/b5-4+. The van der Waals surface area contributed by atoms with Gasteiger partial charge in [-0.1, -0.05) is 0 Å². The van der Waals surface area contributed by atoms with Crippen molar-refractivity contribution in [3.05, 3.63) is 11.8 Å². The molecule has 0 aliphatic heterocycles. The van der Waals surface area contributed by atoms with Gasteiger partial charge in [-0.2, -0.15) is 0 Å². The Labute approximate surface area is 50.8 Å². The topological polar surface area (TPSA) is 38.0 Å². The van der Waals surface area contributed by atoms with Gasteiger partial charge in [0.05, 0.1) is 0 Å². The van der Waals surface area contributed by atoms with Crippen molar-refractivity contribution in [3.63, 3.8) is 0 Å². The lowest BCUT2D eigenvalue weighted by atomic mass is 10.2. The first-order chi connectivity index (χ1) is 3.68. The monoisotopic (exact) mass is 114 g/mol. The zero-order valence-electron chi connectivity index (χ0n) is 5.73. The largest absolute Gasteiger partial charge is 0.394 e. The second-order valence-corrected chi connectivity index (χ2v) is 1.97. The third-order valence-corrected chi connectivity index (χ3v) is 1.09. The minimum absolute atomic E-state index is 0.169. The third kappa shape index (κ3) is 2.64. The molecule has 0 saturated heterocycles. The Kier molecular flexibility index (Phi) is 3.28. The zero-order chi connectivity index (χ0) is 6.57. The van der Waals surface area contributed by atoms with Crippen LogP contribution in [-0.4, -0.2) is 13.1 Å². The molecule has 0 aromatic rings. The van der Waals surface area contributed by atoms with E-state index < -0.39 is 0 Å². The van der Waals surface area contributed by atoms with Crippen LogP contribution in [0.3, 0.4) is 0 Å². The van der Waals surface area contributed by atoms with Crippen LogP contribution in [-0.2, 0) is 0 Å². The quantitative estimate of drug-likeness (QED) is 0.547. The van der Waals surface area contributed by atoms with Crippen LogP contribution in [0.2, 0.25) is 0 Å².